The van der Waals surface area contributed by atoms with Crippen molar-refractivity contribution in [1.29, 1.82) is 0 Å². The smallest absolute Gasteiger partial charge is 0.126 e. The van der Waals surface area contributed by atoms with Crippen molar-refractivity contribution in [2.45, 2.75) is 31.6 Å². The van der Waals surface area contributed by atoms with Crippen LogP contribution in [0, 0.1) is 0 Å². The van der Waals surface area contributed by atoms with Crippen molar-refractivity contribution in [3.05, 3.63) is 18.2 Å². The highest BCUT2D eigenvalue weighted by atomic mass is 32.2. The number of hydrogen-bond donors (Lipinski definition) is 3. The van der Waals surface area contributed by atoms with E-state index in [1.807, 2.05) is 0 Å². The maximum absolute atomic E-state index is 10.5. The Kier molecular flexibility index (Phi) is 8.13. The minimum absolute atomic E-state index is 0.120. The van der Waals surface area contributed by atoms with Gasteiger partial charge in [0.05, 0.1) is 23.7 Å². The molecule has 1 rings (SSSR count). The number of nitrogen functional groups attached to an aromatic ring is 2. The van der Waals surface area contributed by atoms with Gasteiger partial charge in [0.2, 0.25) is 0 Å². The summed E-state index contributed by atoms with van der Waals surface area (Å²) in [6.07, 6.45) is 2.61. The standard InChI is InChI=1S/C6H8N2O3S.C6H15N/c7-4-1-2-6(5(8)3-4)12(9,10)11;1-3-5-7-6-4-2/h1-3H,7-8H2,(H,9,10,11);7H,3-6H2,1-2H3. The zero-order valence-corrected chi connectivity index (χ0v) is 12.2. The van der Waals surface area contributed by atoms with Crippen LogP contribution < -0.4 is 16.8 Å². The van der Waals surface area contributed by atoms with E-state index in [0.717, 1.165) is 6.07 Å². The fraction of sp³-hybridized carbons (Fsp3) is 0.500. The Morgan fingerprint density at radius 1 is 1.16 bits per heavy atom. The number of nitrogens with two attached hydrogens (primary N) is 3. The number of anilines is 2. The van der Waals surface area contributed by atoms with E-state index in [1.54, 1.807) is 0 Å². The van der Waals surface area contributed by atoms with E-state index in [1.165, 1.54) is 38.1 Å². The molecule has 0 radical (unpaired) electrons. The number of benzene rings is 1. The SMILES string of the molecule is CCC[NH2+]CCC.Nc1ccc(S(=O)(=O)[O-])c(N)c1. The lowest BCUT2D eigenvalue weighted by atomic mass is 10.3. The Morgan fingerprint density at radius 3 is 2.05 bits per heavy atom. The van der Waals surface area contributed by atoms with Gasteiger partial charge in [-0.15, -0.1) is 0 Å². The molecule has 0 bridgehead atoms. The molecule has 6 N–H and O–H groups in total. The topological polar surface area (TPSA) is 126 Å². The van der Waals surface area contributed by atoms with Crippen LogP contribution in [0.2, 0.25) is 0 Å². The zero-order chi connectivity index (χ0) is 14.9. The van der Waals surface area contributed by atoms with E-state index in [-0.39, 0.29) is 5.69 Å². The van der Waals surface area contributed by atoms with Gasteiger partial charge in [-0.1, -0.05) is 13.8 Å². The van der Waals surface area contributed by atoms with E-state index in [4.69, 9.17) is 11.5 Å². The molecule has 7 heteroatoms. The molecule has 6 nitrogen and oxygen atoms in total. The van der Waals surface area contributed by atoms with Crippen LogP contribution in [0.3, 0.4) is 0 Å². The first-order valence-corrected chi connectivity index (χ1v) is 7.66. The molecule has 0 saturated heterocycles. The highest BCUT2D eigenvalue weighted by Crippen LogP contribution is 2.19. The van der Waals surface area contributed by atoms with E-state index in [9.17, 15) is 13.0 Å². The van der Waals surface area contributed by atoms with Gasteiger partial charge >= 0.3 is 0 Å². The van der Waals surface area contributed by atoms with Crippen LogP contribution in [0.25, 0.3) is 0 Å². The molecular weight excluding hydrogens is 266 g/mol. The Balaban J connectivity index is 0.000000399. The Morgan fingerprint density at radius 2 is 1.68 bits per heavy atom. The third-order valence-electron chi connectivity index (χ3n) is 2.29. The largest absolute Gasteiger partial charge is 0.744 e. The molecule has 0 aliphatic rings. The van der Waals surface area contributed by atoms with Crippen molar-refractivity contribution < 1.29 is 18.3 Å². The number of hydrogen-bond acceptors (Lipinski definition) is 5. The van der Waals surface area contributed by atoms with Crippen molar-refractivity contribution >= 4 is 21.5 Å². The molecule has 0 amide bonds. The van der Waals surface area contributed by atoms with Crippen molar-refractivity contribution in [3.8, 4) is 0 Å². The van der Waals surface area contributed by atoms with E-state index < -0.39 is 15.0 Å². The second-order valence-corrected chi connectivity index (χ2v) is 5.47. The molecule has 110 valence electrons. The molecule has 0 heterocycles. The lowest BCUT2D eigenvalue weighted by Gasteiger charge is -2.09. The minimum atomic E-state index is -4.48. The quantitative estimate of drug-likeness (QED) is 0.403. The van der Waals surface area contributed by atoms with Crippen molar-refractivity contribution in [2.24, 2.45) is 0 Å². The van der Waals surface area contributed by atoms with Crippen LogP contribution in [0.15, 0.2) is 23.1 Å². The Labute approximate surface area is 114 Å². The molecule has 0 unspecified atom stereocenters. The fourth-order valence-corrected chi connectivity index (χ4v) is 1.93. The molecule has 0 saturated carbocycles. The van der Waals surface area contributed by atoms with Gasteiger partial charge in [-0.2, -0.15) is 0 Å². The minimum Gasteiger partial charge on any atom is -0.744 e. The average Bonchev–Trinajstić information content (AvgIpc) is 2.28. The van der Waals surface area contributed by atoms with E-state index in [0.29, 0.717) is 5.69 Å². The molecule has 0 spiro atoms. The molecule has 1 aromatic carbocycles. The van der Waals surface area contributed by atoms with Crippen molar-refractivity contribution in [2.75, 3.05) is 24.6 Å². The maximum atomic E-state index is 10.5. The maximum Gasteiger partial charge on any atom is 0.126 e. The van der Waals surface area contributed by atoms with Gasteiger partial charge in [-0.25, -0.2) is 8.42 Å². The van der Waals surface area contributed by atoms with Gasteiger partial charge in [0.1, 0.15) is 10.1 Å². The van der Waals surface area contributed by atoms with Crippen LogP contribution in [0.5, 0.6) is 0 Å². The Hall–Kier alpha value is -1.31. The van der Waals surface area contributed by atoms with Crippen LogP contribution in [0.4, 0.5) is 11.4 Å². The molecule has 19 heavy (non-hydrogen) atoms. The predicted molar refractivity (Wildman–Crippen MR) is 75.5 cm³/mol. The fourth-order valence-electron chi connectivity index (χ4n) is 1.35. The summed E-state index contributed by atoms with van der Waals surface area (Å²) in [5.41, 5.74) is 10.7. The first-order chi connectivity index (χ1) is 8.82. The summed E-state index contributed by atoms with van der Waals surface area (Å²) in [6, 6.07) is 3.62. The molecule has 0 atom stereocenters. The van der Waals surface area contributed by atoms with Crippen molar-refractivity contribution in [1.82, 2.24) is 0 Å². The number of quaternary nitrogens is 1. The summed E-state index contributed by atoms with van der Waals surface area (Å²) in [5, 5.41) is 2.36. The first-order valence-electron chi connectivity index (χ1n) is 6.25. The van der Waals surface area contributed by atoms with E-state index >= 15 is 0 Å². The summed E-state index contributed by atoms with van der Waals surface area (Å²) in [7, 11) is -4.48. The summed E-state index contributed by atoms with van der Waals surface area (Å²) in [4.78, 5) is -0.434. The van der Waals surface area contributed by atoms with Gasteiger partial charge in [0.25, 0.3) is 0 Å². The van der Waals surface area contributed by atoms with Gasteiger partial charge in [0, 0.05) is 5.69 Å². The normalized spacial score (nSPS) is 10.7. The lowest BCUT2D eigenvalue weighted by molar-refractivity contribution is -0.654. The summed E-state index contributed by atoms with van der Waals surface area (Å²) in [5.74, 6) is 0. The first kappa shape index (κ1) is 17.7. The van der Waals surface area contributed by atoms with Crippen LogP contribution in [-0.4, -0.2) is 26.1 Å². The zero-order valence-electron chi connectivity index (χ0n) is 11.4. The molecule has 0 fully saturated rings. The van der Waals surface area contributed by atoms with Gasteiger partial charge in [-0.05, 0) is 31.0 Å². The molecule has 0 aliphatic carbocycles. The second kappa shape index (κ2) is 8.73. The molecule has 0 aliphatic heterocycles. The van der Waals surface area contributed by atoms with E-state index in [2.05, 4.69) is 19.2 Å². The molecule has 1 aromatic rings. The third-order valence-corrected chi connectivity index (χ3v) is 3.20. The second-order valence-electron chi connectivity index (χ2n) is 4.12. The van der Waals surface area contributed by atoms with Gasteiger partial charge in [0.15, 0.2) is 0 Å². The predicted octanol–water partition coefficient (Wildman–Crippen LogP) is 0.125. The summed E-state index contributed by atoms with van der Waals surface area (Å²) in [6.45, 7) is 7.03. The van der Waals surface area contributed by atoms with Gasteiger partial charge in [-0.3, -0.25) is 0 Å². The summed E-state index contributed by atoms with van der Waals surface area (Å²) >= 11 is 0. The van der Waals surface area contributed by atoms with Crippen LogP contribution in [0.1, 0.15) is 26.7 Å². The third kappa shape index (κ3) is 7.66. The number of rotatable bonds is 5. The van der Waals surface area contributed by atoms with Crippen molar-refractivity contribution in [3.63, 3.8) is 0 Å². The lowest BCUT2D eigenvalue weighted by Crippen LogP contribution is -2.84. The monoisotopic (exact) mass is 289 g/mol. The van der Waals surface area contributed by atoms with Gasteiger partial charge < -0.3 is 21.3 Å². The molecule has 0 aromatic heterocycles. The van der Waals surface area contributed by atoms with Crippen LogP contribution >= 0.6 is 0 Å². The highest BCUT2D eigenvalue weighted by Gasteiger charge is 2.05. The highest BCUT2D eigenvalue weighted by molar-refractivity contribution is 7.86. The summed E-state index contributed by atoms with van der Waals surface area (Å²) < 4.78 is 31.5. The Bertz CT molecular complexity index is 471. The van der Waals surface area contributed by atoms with Crippen LogP contribution in [-0.2, 0) is 10.1 Å². The average molecular weight is 289 g/mol. The molecular formula is C12H23N3O3S.